The number of ether oxygens (including phenoxy) is 1. The standard InChI is InChI=1S/C24H21N3O4S/c1-31-19-12-10-18(11-13-19)27-22(28)15-21(23(27)29)32-20-9-5-8-17(14-20)26-24(30)25-16-6-3-2-4-7-16/h2-14,21H,15H2,1H3,(H2,25,26,30)/t21-/m0/s1. The topological polar surface area (TPSA) is 87.7 Å². The summed E-state index contributed by atoms with van der Waals surface area (Å²) in [6, 6.07) is 22.8. The van der Waals surface area contributed by atoms with Crippen LogP contribution in [-0.4, -0.2) is 30.2 Å². The summed E-state index contributed by atoms with van der Waals surface area (Å²) < 4.78 is 5.13. The van der Waals surface area contributed by atoms with Gasteiger partial charge in [0.1, 0.15) is 5.75 Å². The van der Waals surface area contributed by atoms with Gasteiger partial charge in [-0.2, -0.15) is 0 Å². The van der Waals surface area contributed by atoms with E-state index in [0.717, 1.165) is 4.90 Å². The number of hydrogen-bond acceptors (Lipinski definition) is 5. The van der Waals surface area contributed by atoms with Crippen LogP contribution in [0.4, 0.5) is 21.9 Å². The summed E-state index contributed by atoms with van der Waals surface area (Å²) in [5.74, 6) is 0.152. The van der Waals surface area contributed by atoms with Crippen molar-refractivity contribution in [3.63, 3.8) is 0 Å². The normalized spacial score (nSPS) is 15.5. The molecule has 3 aromatic rings. The Kier molecular flexibility index (Phi) is 6.42. The lowest BCUT2D eigenvalue weighted by molar-refractivity contribution is -0.121. The Bertz CT molecular complexity index is 1140. The summed E-state index contributed by atoms with van der Waals surface area (Å²) in [7, 11) is 1.56. The molecule has 2 N–H and O–H groups in total. The number of imide groups is 1. The van der Waals surface area contributed by atoms with Crippen LogP contribution in [0.1, 0.15) is 6.42 Å². The van der Waals surface area contributed by atoms with Crippen LogP contribution in [0.3, 0.4) is 0 Å². The first-order chi connectivity index (χ1) is 15.5. The highest BCUT2D eigenvalue weighted by atomic mass is 32.2. The number of carbonyl (C=O) groups excluding carboxylic acids is 3. The molecular formula is C24H21N3O4S. The lowest BCUT2D eigenvalue weighted by Gasteiger charge is -2.15. The van der Waals surface area contributed by atoms with E-state index in [1.54, 1.807) is 61.7 Å². The molecule has 1 atom stereocenters. The zero-order valence-corrected chi connectivity index (χ0v) is 18.1. The third-order valence-electron chi connectivity index (χ3n) is 4.84. The van der Waals surface area contributed by atoms with E-state index in [4.69, 9.17) is 4.74 Å². The summed E-state index contributed by atoms with van der Waals surface area (Å²) in [4.78, 5) is 39.7. The predicted molar refractivity (Wildman–Crippen MR) is 125 cm³/mol. The molecule has 0 radical (unpaired) electrons. The Balaban J connectivity index is 1.41. The number of nitrogens with zero attached hydrogens (tertiary/aromatic N) is 1. The van der Waals surface area contributed by atoms with Gasteiger partial charge in [0, 0.05) is 22.7 Å². The van der Waals surface area contributed by atoms with Gasteiger partial charge in [-0.05, 0) is 54.6 Å². The Morgan fingerprint density at radius 1 is 0.938 bits per heavy atom. The number of urea groups is 1. The van der Waals surface area contributed by atoms with Gasteiger partial charge in [0.05, 0.1) is 18.0 Å². The lowest BCUT2D eigenvalue weighted by Crippen LogP contribution is -2.31. The van der Waals surface area contributed by atoms with Gasteiger partial charge >= 0.3 is 6.03 Å². The lowest BCUT2D eigenvalue weighted by atomic mass is 10.3. The number of anilines is 3. The Hall–Kier alpha value is -3.78. The van der Waals surface area contributed by atoms with Gasteiger partial charge in [-0.1, -0.05) is 24.3 Å². The van der Waals surface area contributed by atoms with E-state index in [2.05, 4.69) is 10.6 Å². The van der Waals surface area contributed by atoms with E-state index in [-0.39, 0.29) is 24.3 Å². The van der Waals surface area contributed by atoms with Crippen LogP contribution in [0, 0.1) is 0 Å². The minimum atomic E-state index is -0.530. The van der Waals surface area contributed by atoms with Crippen molar-refractivity contribution in [2.75, 3.05) is 22.6 Å². The van der Waals surface area contributed by atoms with Gasteiger partial charge in [-0.15, -0.1) is 11.8 Å². The zero-order valence-electron chi connectivity index (χ0n) is 17.3. The van der Waals surface area contributed by atoms with Crippen molar-refractivity contribution in [1.29, 1.82) is 0 Å². The number of hydrogen-bond donors (Lipinski definition) is 2. The smallest absolute Gasteiger partial charge is 0.323 e. The fraction of sp³-hybridized carbons (Fsp3) is 0.125. The molecule has 4 rings (SSSR count). The molecule has 0 saturated carbocycles. The molecule has 0 bridgehead atoms. The summed E-state index contributed by atoms with van der Waals surface area (Å²) in [5, 5.41) is 5.01. The van der Waals surface area contributed by atoms with Crippen molar-refractivity contribution in [3.8, 4) is 5.75 Å². The van der Waals surface area contributed by atoms with E-state index >= 15 is 0 Å². The van der Waals surface area contributed by atoms with E-state index < -0.39 is 5.25 Å². The molecule has 162 valence electrons. The molecule has 1 aliphatic rings. The molecule has 8 heteroatoms. The van der Waals surface area contributed by atoms with E-state index in [0.29, 0.717) is 22.8 Å². The van der Waals surface area contributed by atoms with Crippen molar-refractivity contribution < 1.29 is 19.1 Å². The summed E-state index contributed by atoms with van der Waals surface area (Å²) in [6.45, 7) is 0. The van der Waals surface area contributed by atoms with Gasteiger partial charge in [0.25, 0.3) is 0 Å². The van der Waals surface area contributed by atoms with Crippen molar-refractivity contribution in [2.45, 2.75) is 16.6 Å². The molecule has 1 fully saturated rings. The minimum Gasteiger partial charge on any atom is -0.497 e. The molecule has 7 nitrogen and oxygen atoms in total. The molecule has 3 aromatic carbocycles. The van der Waals surface area contributed by atoms with Crippen molar-refractivity contribution in [2.24, 2.45) is 0 Å². The summed E-state index contributed by atoms with van der Waals surface area (Å²) in [6.07, 6.45) is 0.113. The quantitative estimate of drug-likeness (QED) is 0.532. The third kappa shape index (κ3) is 4.92. The summed E-state index contributed by atoms with van der Waals surface area (Å²) in [5.41, 5.74) is 1.80. The molecule has 1 saturated heterocycles. The maximum absolute atomic E-state index is 12.9. The molecule has 4 amide bonds. The van der Waals surface area contributed by atoms with Gasteiger partial charge < -0.3 is 15.4 Å². The minimum absolute atomic E-state index is 0.113. The van der Waals surface area contributed by atoms with Crippen LogP contribution in [0.5, 0.6) is 5.75 Å². The maximum Gasteiger partial charge on any atom is 0.323 e. The van der Waals surface area contributed by atoms with Crippen LogP contribution in [0.25, 0.3) is 0 Å². The number of nitrogens with one attached hydrogen (secondary N) is 2. The molecule has 0 aliphatic carbocycles. The Morgan fingerprint density at radius 3 is 2.34 bits per heavy atom. The molecule has 0 unspecified atom stereocenters. The van der Waals surface area contributed by atoms with Gasteiger partial charge in [-0.25, -0.2) is 9.69 Å². The molecule has 0 spiro atoms. The van der Waals surface area contributed by atoms with Crippen molar-refractivity contribution >= 4 is 46.7 Å². The highest BCUT2D eigenvalue weighted by molar-refractivity contribution is 8.00. The highest BCUT2D eigenvalue weighted by Crippen LogP contribution is 2.35. The maximum atomic E-state index is 12.9. The zero-order chi connectivity index (χ0) is 22.5. The Morgan fingerprint density at radius 2 is 1.62 bits per heavy atom. The highest BCUT2D eigenvalue weighted by Gasteiger charge is 2.40. The average molecular weight is 448 g/mol. The first-order valence-electron chi connectivity index (χ1n) is 9.94. The number of benzene rings is 3. The monoisotopic (exact) mass is 447 g/mol. The molecule has 32 heavy (non-hydrogen) atoms. The predicted octanol–water partition coefficient (Wildman–Crippen LogP) is 4.76. The van der Waals surface area contributed by atoms with E-state index in [1.165, 1.54) is 16.7 Å². The second-order valence-corrected chi connectivity index (χ2v) is 8.33. The van der Waals surface area contributed by atoms with Gasteiger partial charge in [-0.3, -0.25) is 9.59 Å². The first-order valence-corrected chi connectivity index (χ1v) is 10.8. The third-order valence-corrected chi connectivity index (χ3v) is 6.02. The van der Waals surface area contributed by atoms with E-state index in [9.17, 15) is 14.4 Å². The van der Waals surface area contributed by atoms with E-state index in [1.807, 2.05) is 24.3 Å². The second-order valence-electron chi connectivity index (χ2n) is 7.05. The number of thioether (sulfide) groups is 1. The molecular weight excluding hydrogens is 426 g/mol. The van der Waals surface area contributed by atoms with Crippen LogP contribution in [-0.2, 0) is 9.59 Å². The SMILES string of the molecule is COc1ccc(N2C(=O)C[C@H](Sc3cccc(NC(=O)Nc4ccccc4)c3)C2=O)cc1. The van der Waals surface area contributed by atoms with Crippen molar-refractivity contribution in [3.05, 3.63) is 78.9 Å². The summed E-state index contributed by atoms with van der Waals surface area (Å²) >= 11 is 1.31. The second kappa shape index (κ2) is 9.57. The number of para-hydroxylation sites is 1. The number of methoxy groups -OCH3 is 1. The van der Waals surface area contributed by atoms with Crippen molar-refractivity contribution in [1.82, 2.24) is 0 Å². The van der Waals surface area contributed by atoms with Crippen LogP contribution in [0.2, 0.25) is 0 Å². The molecule has 0 aromatic heterocycles. The first kappa shape index (κ1) is 21.5. The fourth-order valence-corrected chi connectivity index (χ4v) is 4.44. The Labute approximate surface area is 189 Å². The fourth-order valence-electron chi connectivity index (χ4n) is 3.33. The number of amides is 4. The number of carbonyl (C=O) groups is 3. The van der Waals surface area contributed by atoms with Crippen LogP contribution < -0.4 is 20.3 Å². The number of rotatable bonds is 6. The largest absolute Gasteiger partial charge is 0.497 e. The van der Waals surface area contributed by atoms with Gasteiger partial charge in [0.2, 0.25) is 11.8 Å². The molecule has 1 aliphatic heterocycles. The van der Waals surface area contributed by atoms with Gasteiger partial charge in [0.15, 0.2) is 0 Å². The van der Waals surface area contributed by atoms with Crippen LogP contribution in [0.15, 0.2) is 83.8 Å². The average Bonchev–Trinajstić information content (AvgIpc) is 3.07. The molecule has 1 heterocycles. The van der Waals surface area contributed by atoms with Crippen LogP contribution >= 0.6 is 11.8 Å².